The van der Waals surface area contributed by atoms with Crippen LogP contribution in [0.5, 0.6) is 0 Å². The molecule has 2 rings (SSSR count). The van der Waals surface area contributed by atoms with Crippen molar-refractivity contribution in [1.82, 2.24) is 25.0 Å². The number of H-pyrrole nitrogens is 1. The monoisotopic (exact) mass is 402 g/mol. The van der Waals surface area contributed by atoms with E-state index in [0.29, 0.717) is 6.54 Å². The maximum atomic E-state index is 4.62. The van der Waals surface area contributed by atoms with Crippen LogP contribution in [0.1, 0.15) is 18.3 Å². The van der Waals surface area contributed by atoms with Crippen LogP contribution in [0.25, 0.3) is 0 Å². The lowest BCUT2D eigenvalue weighted by atomic mass is 10.4. The molecule has 21 heavy (non-hydrogen) atoms. The van der Waals surface area contributed by atoms with Gasteiger partial charge in [0, 0.05) is 38.7 Å². The fourth-order valence-electron chi connectivity index (χ4n) is 1.98. The number of aromatic amines is 1. The molecule has 7 heteroatoms. The molecule has 0 aliphatic carbocycles. The Morgan fingerprint density at radius 3 is 2.86 bits per heavy atom. The molecule has 2 heterocycles. The predicted molar refractivity (Wildman–Crippen MR) is 95.7 cm³/mol. The summed E-state index contributed by atoms with van der Waals surface area (Å²) in [7, 11) is 4.10. The summed E-state index contributed by atoms with van der Waals surface area (Å²) >= 11 is 0. The summed E-state index contributed by atoms with van der Waals surface area (Å²) < 4.78 is 2.12. The van der Waals surface area contributed by atoms with Crippen molar-refractivity contribution in [3.05, 3.63) is 42.0 Å². The van der Waals surface area contributed by atoms with E-state index in [1.54, 1.807) is 6.20 Å². The van der Waals surface area contributed by atoms with Gasteiger partial charge in [0.05, 0.1) is 18.8 Å². The average Bonchev–Trinajstić information content (AvgIpc) is 3.07. The standard InChI is InChI=1S/C14H22N6.HI/c1-4-15-14(16-10-12-7-8-17-18-12)20(3)11-13-6-5-9-19(13)2;/h5-9H,4,10-11H2,1-3H3,(H,15,16)(H,17,18);1H. The van der Waals surface area contributed by atoms with E-state index in [4.69, 9.17) is 0 Å². The second-order valence-electron chi connectivity index (χ2n) is 4.72. The molecule has 116 valence electrons. The first-order chi connectivity index (χ1) is 9.70. The summed E-state index contributed by atoms with van der Waals surface area (Å²) in [5.41, 5.74) is 2.26. The predicted octanol–water partition coefficient (Wildman–Crippen LogP) is 1.96. The molecule has 0 saturated heterocycles. The van der Waals surface area contributed by atoms with E-state index in [1.165, 1.54) is 5.69 Å². The van der Waals surface area contributed by atoms with E-state index in [9.17, 15) is 0 Å². The summed E-state index contributed by atoms with van der Waals surface area (Å²) in [4.78, 5) is 6.74. The molecule has 0 atom stereocenters. The maximum absolute atomic E-state index is 4.62. The lowest BCUT2D eigenvalue weighted by Gasteiger charge is -2.22. The van der Waals surface area contributed by atoms with Gasteiger partial charge >= 0.3 is 0 Å². The zero-order valence-electron chi connectivity index (χ0n) is 12.7. The molecule has 2 N–H and O–H groups in total. The molecular formula is C14H23IN6. The number of aliphatic imine (C=N–C) groups is 1. The van der Waals surface area contributed by atoms with Crippen molar-refractivity contribution in [2.24, 2.45) is 12.0 Å². The molecule has 0 saturated carbocycles. The quantitative estimate of drug-likeness (QED) is 0.457. The second kappa shape index (κ2) is 8.71. The van der Waals surface area contributed by atoms with Crippen LogP contribution in [-0.2, 0) is 20.1 Å². The van der Waals surface area contributed by atoms with E-state index in [-0.39, 0.29) is 24.0 Å². The Kier molecular flexibility index (Phi) is 7.27. The maximum Gasteiger partial charge on any atom is 0.194 e. The van der Waals surface area contributed by atoms with Gasteiger partial charge in [0.2, 0.25) is 0 Å². The molecule has 0 aliphatic heterocycles. The largest absolute Gasteiger partial charge is 0.357 e. The number of hydrogen-bond acceptors (Lipinski definition) is 2. The van der Waals surface area contributed by atoms with E-state index >= 15 is 0 Å². The Morgan fingerprint density at radius 1 is 1.48 bits per heavy atom. The van der Waals surface area contributed by atoms with Crippen molar-refractivity contribution in [2.45, 2.75) is 20.0 Å². The van der Waals surface area contributed by atoms with Crippen LogP contribution >= 0.6 is 24.0 Å². The SMILES string of the molecule is CCNC(=NCc1ccn[nH]1)N(C)Cc1cccn1C.I. The third kappa shape index (κ3) is 5.07. The number of hydrogen-bond donors (Lipinski definition) is 2. The molecule has 0 radical (unpaired) electrons. The zero-order valence-corrected chi connectivity index (χ0v) is 15.0. The number of guanidine groups is 1. The van der Waals surface area contributed by atoms with Crippen molar-refractivity contribution < 1.29 is 0 Å². The van der Waals surface area contributed by atoms with Gasteiger partial charge in [-0.15, -0.1) is 24.0 Å². The third-order valence-electron chi connectivity index (χ3n) is 3.10. The van der Waals surface area contributed by atoms with E-state index in [1.807, 2.05) is 13.1 Å². The van der Waals surface area contributed by atoms with Crippen LogP contribution in [0.3, 0.4) is 0 Å². The molecule has 6 nitrogen and oxygen atoms in total. The first-order valence-corrected chi connectivity index (χ1v) is 6.78. The molecule has 0 aliphatic rings. The minimum atomic E-state index is 0. The van der Waals surface area contributed by atoms with Gasteiger partial charge in [-0.1, -0.05) is 0 Å². The van der Waals surface area contributed by atoms with E-state index in [2.05, 4.69) is 62.3 Å². The van der Waals surface area contributed by atoms with E-state index < -0.39 is 0 Å². The topological polar surface area (TPSA) is 61.2 Å². The summed E-state index contributed by atoms with van der Waals surface area (Å²) in [6.07, 6.45) is 3.79. The molecule has 2 aromatic rings. The normalized spacial score (nSPS) is 11.1. The summed E-state index contributed by atoms with van der Waals surface area (Å²) in [5, 5.41) is 10.2. The molecule has 0 unspecified atom stereocenters. The van der Waals surface area contributed by atoms with Crippen molar-refractivity contribution in [3.8, 4) is 0 Å². The number of nitrogens with zero attached hydrogens (tertiary/aromatic N) is 4. The summed E-state index contributed by atoms with van der Waals surface area (Å²) in [6.45, 7) is 4.33. The summed E-state index contributed by atoms with van der Waals surface area (Å²) in [5.74, 6) is 0.892. The van der Waals surface area contributed by atoms with Gasteiger partial charge in [0.15, 0.2) is 5.96 Å². The van der Waals surface area contributed by atoms with Gasteiger partial charge in [0.1, 0.15) is 0 Å². The molecule has 0 bridgehead atoms. The van der Waals surface area contributed by atoms with Crippen LogP contribution in [0.15, 0.2) is 35.6 Å². The van der Waals surface area contributed by atoms with Crippen LogP contribution in [0.2, 0.25) is 0 Å². The first-order valence-electron chi connectivity index (χ1n) is 6.78. The average molecular weight is 402 g/mol. The highest BCUT2D eigenvalue weighted by atomic mass is 127. The van der Waals surface area contributed by atoms with E-state index in [0.717, 1.165) is 24.7 Å². The minimum absolute atomic E-state index is 0. The number of aromatic nitrogens is 3. The molecule has 0 spiro atoms. The number of aryl methyl sites for hydroxylation is 1. The number of halogens is 1. The molecule has 0 aromatic carbocycles. The van der Waals surface area contributed by atoms with Gasteiger partial charge in [-0.2, -0.15) is 5.10 Å². The van der Waals surface area contributed by atoms with Gasteiger partial charge < -0.3 is 14.8 Å². The van der Waals surface area contributed by atoms with Crippen molar-refractivity contribution in [2.75, 3.05) is 13.6 Å². The van der Waals surface area contributed by atoms with Gasteiger partial charge in [-0.3, -0.25) is 5.10 Å². The third-order valence-corrected chi connectivity index (χ3v) is 3.10. The Hall–Kier alpha value is -1.51. The van der Waals surface area contributed by atoms with Gasteiger partial charge in [-0.25, -0.2) is 4.99 Å². The van der Waals surface area contributed by atoms with Crippen LogP contribution in [0, 0.1) is 0 Å². The smallest absolute Gasteiger partial charge is 0.194 e. The highest BCUT2D eigenvalue weighted by molar-refractivity contribution is 14.0. The molecule has 0 fully saturated rings. The number of nitrogens with one attached hydrogen (secondary N) is 2. The summed E-state index contributed by atoms with van der Waals surface area (Å²) in [6, 6.07) is 6.11. The molecular weight excluding hydrogens is 379 g/mol. The molecule has 0 amide bonds. The highest BCUT2D eigenvalue weighted by Crippen LogP contribution is 2.04. The molecule has 2 aromatic heterocycles. The van der Waals surface area contributed by atoms with Gasteiger partial charge in [-0.05, 0) is 25.1 Å². The number of rotatable bonds is 5. The Labute approximate surface area is 142 Å². The first kappa shape index (κ1) is 17.5. The minimum Gasteiger partial charge on any atom is -0.357 e. The fourth-order valence-corrected chi connectivity index (χ4v) is 1.98. The van der Waals surface area contributed by atoms with Crippen LogP contribution in [0.4, 0.5) is 0 Å². The van der Waals surface area contributed by atoms with Crippen LogP contribution in [-0.4, -0.2) is 39.2 Å². The Morgan fingerprint density at radius 2 is 2.29 bits per heavy atom. The second-order valence-corrected chi connectivity index (χ2v) is 4.72. The van der Waals surface area contributed by atoms with Crippen molar-refractivity contribution in [1.29, 1.82) is 0 Å². The van der Waals surface area contributed by atoms with Crippen LogP contribution < -0.4 is 5.32 Å². The fraction of sp³-hybridized carbons (Fsp3) is 0.429. The lowest BCUT2D eigenvalue weighted by molar-refractivity contribution is 0.461. The van der Waals surface area contributed by atoms with Crippen molar-refractivity contribution in [3.63, 3.8) is 0 Å². The Balaban J connectivity index is 0.00000220. The zero-order chi connectivity index (χ0) is 14.4. The highest BCUT2D eigenvalue weighted by Gasteiger charge is 2.08. The lowest BCUT2D eigenvalue weighted by Crippen LogP contribution is -2.38. The van der Waals surface area contributed by atoms with Gasteiger partial charge in [0.25, 0.3) is 0 Å². The Bertz CT molecular complexity index is 546. The van der Waals surface area contributed by atoms with Crippen molar-refractivity contribution >= 4 is 29.9 Å².